The van der Waals surface area contributed by atoms with Crippen molar-refractivity contribution in [1.82, 2.24) is 0 Å². The number of hydrogen-bond donors (Lipinski definition) is 1. The van der Waals surface area contributed by atoms with Crippen molar-refractivity contribution in [1.29, 1.82) is 0 Å². The first kappa shape index (κ1) is 20.0. The maximum absolute atomic E-state index is 13.3. The van der Waals surface area contributed by atoms with Crippen LogP contribution in [0.15, 0.2) is 77.7 Å². The van der Waals surface area contributed by atoms with Gasteiger partial charge in [0.15, 0.2) is 6.10 Å². The molecule has 6 nitrogen and oxygen atoms in total. The topological polar surface area (TPSA) is 75.7 Å². The van der Waals surface area contributed by atoms with Crippen molar-refractivity contribution in [3.8, 4) is 5.75 Å². The Hall–Kier alpha value is -3.32. The molecule has 1 amide bonds. The van der Waals surface area contributed by atoms with E-state index < -0.39 is 22.0 Å². The lowest BCUT2D eigenvalue weighted by Gasteiger charge is -2.34. The summed E-state index contributed by atoms with van der Waals surface area (Å²) < 4.78 is 33.7. The van der Waals surface area contributed by atoms with Gasteiger partial charge in [-0.1, -0.05) is 36.4 Å². The number of anilines is 2. The molecule has 0 aromatic heterocycles. The standard InChI is InChI=1S/C23H22N2O4S/c1-16-12-17(2)14-18(13-16)24-23(26)22-15-25(20-10-6-7-11-21(20)29-22)30(27,28)19-8-4-3-5-9-19/h3-14,22H,15H2,1-2H3,(H,24,26)/t22-/m0/s1. The van der Waals surface area contributed by atoms with Gasteiger partial charge >= 0.3 is 0 Å². The van der Waals surface area contributed by atoms with Crippen molar-refractivity contribution in [2.24, 2.45) is 0 Å². The molecule has 1 heterocycles. The highest BCUT2D eigenvalue weighted by atomic mass is 32.2. The average Bonchev–Trinajstić information content (AvgIpc) is 2.72. The van der Waals surface area contributed by atoms with Gasteiger partial charge in [0.1, 0.15) is 5.75 Å². The lowest BCUT2D eigenvalue weighted by Crippen LogP contribution is -2.48. The van der Waals surface area contributed by atoms with Crippen molar-refractivity contribution >= 4 is 27.3 Å². The Morgan fingerprint density at radius 1 is 0.967 bits per heavy atom. The van der Waals surface area contributed by atoms with E-state index in [4.69, 9.17) is 4.74 Å². The molecule has 0 aliphatic carbocycles. The summed E-state index contributed by atoms with van der Waals surface area (Å²) in [6.45, 7) is 3.78. The van der Waals surface area contributed by atoms with Crippen molar-refractivity contribution in [2.45, 2.75) is 24.8 Å². The molecule has 0 radical (unpaired) electrons. The summed E-state index contributed by atoms with van der Waals surface area (Å²) in [5.41, 5.74) is 3.11. The van der Waals surface area contributed by atoms with Crippen LogP contribution in [-0.4, -0.2) is 27.0 Å². The number of carbonyl (C=O) groups excluding carboxylic acids is 1. The third kappa shape index (κ3) is 3.89. The first-order valence-electron chi connectivity index (χ1n) is 9.57. The number of sulfonamides is 1. The van der Waals surface area contributed by atoms with E-state index >= 15 is 0 Å². The molecule has 1 aliphatic heterocycles. The average molecular weight is 423 g/mol. The monoisotopic (exact) mass is 422 g/mol. The van der Waals surface area contributed by atoms with Gasteiger partial charge in [0.25, 0.3) is 15.9 Å². The molecule has 4 rings (SSSR count). The molecule has 0 unspecified atom stereocenters. The molecule has 154 valence electrons. The van der Waals surface area contributed by atoms with Crippen LogP contribution in [0.4, 0.5) is 11.4 Å². The van der Waals surface area contributed by atoms with Crippen molar-refractivity contribution in [2.75, 3.05) is 16.2 Å². The van der Waals surface area contributed by atoms with Crippen LogP contribution in [0.5, 0.6) is 5.75 Å². The lowest BCUT2D eigenvalue weighted by molar-refractivity contribution is -0.122. The largest absolute Gasteiger partial charge is 0.476 e. The minimum atomic E-state index is -3.85. The van der Waals surface area contributed by atoms with E-state index in [1.54, 1.807) is 42.5 Å². The molecule has 0 saturated heterocycles. The number of fused-ring (bicyclic) bond motifs is 1. The number of carbonyl (C=O) groups is 1. The predicted molar refractivity (Wildman–Crippen MR) is 116 cm³/mol. The third-order valence-electron chi connectivity index (χ3n) is 4.85. The number of hydrogen-bond acceptors (Lipinski definition) is 4. The number of amides is 1. The number of rotatable bonds is 4. The van der Waals surface area contributed by atoms with Crippen molar-refractivity contribution in [3.05, 3.63) is 83.9 Å². The Kier molecular flexibility index (Phi) is 5.22. The molecule has 0 saturated carbocycles. The van der Waals surface area contributed by atoms with E-state index in [2.05, 4.69) is 5.32 Å². The summed E-state index contributed by atoms with van der Waals surface area (Å²) in [6.07, 6.45) is -0.987. The van der Waals surface area contributed by atoms with E-state index in [9.17, 15) is 13.2 Å². The van der Waals surface area contributed by atoms with Gasteiger partial charge < -0.3 is 10.1 Å². The molecule has 0 fully saturated rings. The van der Waals surface area contributed by atoms with Gasteiger partial charge in [-0.2, -0.15) is 0 Å². The minimum absolute atomic E-state index is 0.120. The molecule has 1 atom stereocenters. The maximum Gasteiger partial charge on any atom is 0.267 e. The van der Waals surface area contributed by atoms with E-state index in [0.29, 0.717) is 17.1 Å². The van der Waals surface area contributed by atoms with E-state index in [0.717, 1.165) is 11.1 Å². The van der Waals surface area contributed by atoms with Gasteiger partial charge in [-0.15, -0.1) is 0 Å². The van der Waals surface area contributed by atoms with E-state index in [1.165, 1.54) is 16.4 Å². The summed E-state index contributed by atoms with van der Waals surface area (Å²) in [7, 11) is -3.85. The first-order chi connectivity index (χ1) is 14.3. The molecule has 0 spiro atoms. The van der Waals surface area contributed by atoms with Crippen LogP contribution in [0, 0.1) is 13.8 Å². The summed E-state index contributed by atoms with van der Waals surface area (Å²) >= 11 is 0. The number of ether oxygens (including phenoxy) is 1. The molecule has 3 aromatic rings. The van der Waals surface area contributed by atoms with Crippen LogP contribution in [0.3, 0.4) is 0 Å². The number of nitrogens with zero attached hydrogens (tertiary/aromatic N) is 1. The molecular weight excluding hydrogens is 400 g/mol. The Bertz CT molecular complexity index is 1170. The summed E-state index contributed by atoms with van der Waals surface area (Å²) in [4.78, 5) is 13.1. The normalized spacial score (nSPS) is 15.8. The zero-order chi connectivity index (χ0) is 21.3. The van der Waals surface area contributed by atoms with Crippen LogP contribution in [0.2, 0.25) is 0 Å². The molecule has 1 N–H and O–H groups in total. The highest BCUT2D eigenvalue weighted by Crippen LogP contribution is 2.37. The summed E-state index contributed by atoms with van der Waals surface area (Å²) in [5, 5.41) is 2.85. The van der Waals surface area contributed by atoms with E-state index in [-0.39, 0.29) is 11.4 Å². The van der Waals surface area contributed by atoms with Gasteiger partial charge in [0.2, 0.25) is 0 Å². The van der Waals surface area contributed by atoms with Gasteiger partial charge in [-0.3, -0.25) is 9.10 Å². The molecule has 7 heteroatoms. The van der Waals surface area contributed by atoms with Crippen LogP contribution in [0.1, 0.15) is 11.1 Å². The number of nitrogens with one attached hydrogen (secondary N) is 1. The van der Waals surface area contributed by atoms with Crippen molar-refractivity contribution < 1.29 is 17.9 Å². The Morgan fingerprint density at radius 2 is 1.60 bits per heavy atom. The second-order valence-electron chi connectivity index (χ2n) is 7.29. The van der Waals surface area contributed by atoms with Crippen LogP contribution < -0.4 is 14.4 Å². The van der Waals surface area contributed by atoms with E-state index in [1.807, 2.05) is 32.0 Å². The van der Waals surface area contributed by atoms with Gasteiger partial charge in [0.05, 0.1) is 17.1 Å². The highest BCUT2D eigenvalue weighted by Gasteiger charge is 2.37. The zero-order valence-corrected chi connectivity index (χ0v) is 17.5. The fraction of sp³-hybridized carbons (Fsp3) is 0.174. The molecule has 1 aliphatic rings. The minimum Gasteiger partial charge on any atom is -0.476 e. The Balaban J connectivity index is 1.67. The quantitative estimate of drug-likeness (QED) is 0.692. The number of para-hydroxylation sites is 2. The van der Waals surface area contributed by atoms with Gasteiger partial charge in [0, 0.05) is 5.69 Å². The molecule has 0 bridgehead atoms. The second-order valence-corrected chi connectivity index (χ2v) is 9.15. The number of benzene rings is 3. The smallest absolute Gasteiger partial charge is 0.267 e. The maximum atomic E-state index is 13.3. The van der Waals surface area contributed by atoms with Crippen LogP contribution in [-0.2, 0) is 14.8 Å². The summed E-state index contributed by atoms with van der Waals surface area (Å²) in [5.74, 6) is -0.0495. The molecule has 30 heavy (non-hydrogen) atoms. The predicted octanol–water partition coefficient (Wildman–Crippen LogP) is 3.90. The van der Waals surface area contributed by atoms with Crippen LogP contribution >= 0.6 is 0 Å². The second kappa shape index (κ2) is 7.84. The third-order valence-corrected chi connectivity index (χ3v) is 6.64. The SMILES string of the molecule is Cc1cc(C)cc(NC(=O)[C@@H]2CN(S(=O)(=O)c3ccccc3)c3ccccc3O2)c1. The van der Waals surface area contributed by atoms with Gasteiger partial charge in [-0.25, -0.2) is 8.42 Å². The fourth-order valence-electron chi connectivity index (χ4n) is 3.56. The highest BCUT2D eigenvalue weighted by molar-refractivity contribution is 7.92. The first-order valence-corrected chi connectivity index (χ1v) is 11.0. The summed E-state index contributed by atoms with van der Waals surface area (Å²) in [6, 6.07) is 20.7. The Morgan fingerprint density at radius 3 is 2.30 bits per heavy atom. The van der Waals surface area contributed by atoms with Crippen molar-refractivity contribution in [3.63, 3.8) is 0 Å². The Labute approximate surface area is 176 Å². The molecular formula is C23H22N2O4S. The number of aryl methyl sites for hydroxylation is 2. The zero-order valence-electron chi connectivity index (χ0n) is 16.7. The van der Waals surface area contributed by atoms with Gasteiger partial charge in [-0.05, 0) is 61.4 Å². The van der Waals surface area contributed by atoms with Crippen LogP contribution in [0.25, 0.3) is 0 Å². The lowest BCUT2D eigenvalue weighted by atomic mass is 10.1. The molecule has 3 aromatic carbocycles. The fourth-order valence-corrected chi connectivity index (χ4v) is 5.05.